The summed E-state index contributed by atoms with van der Waals surface area (Å²) < 4.78 is 5.99. The van der Waals surface area contributed by atoms with E-state index in [4.69, 9.17) is 9.84 Å². The number of aryl methyl sites for hydroxylation is 1. The van der Waals surface area contributed by atoms with Gasteiger partial charge < -0.3 is 15.0 Å². The van der Waals surface area contributed by atoms with E-state index in [2.05, 4.69) is 68.4 Å². The second-order valence-electron chi connectivity index (χ2n) is 8.77. The molecule has 1 N–H and O–H groups in total. The van der Waals surface area contributed by atoms with Gasteiger partial charge in [-0.15, -0.1) is 0 Å². The van der Waals surface area contributed by atoms with Crippen molar-refractivity contribution >= 4 is 11.5 Å². The van der Waals surface area contributed by atoms with Gasteiger partial charge in [-0.05, 0) is 55.9 Å². The van der Waals surface area contributed by atoms with Crippen molar-refractivity contribution in [1.82, 2.24) is 9.91 Å². The lowest BCUT2D eigenvalue weighted by molar-refractivity contribution is 0.273. The second kappa shape index (κ2) is 11.1. The molecule has 0 spiro atoms. The largest absolute Gasteiger partial charge is 0.493 e. The Morgan fingerprint density at radius 2 is 2.00 bits per heavy atom. The number of hydrogen-bond acceptors (Lipinski definition) is 5. The standard InChI is InChI=1S/C26H38N4O/c1-6-7-8-17-31-25-18-24(11-9-21(25)3)27-22(4)19-30-23(5)10-12-26(28-30)29-15-13-20(2)14-16-29/h9-12,18,20,27H,4-8,13-17,19H2,1-3H3. The summed E-state index contributed by atoms with van der Waals surface area (Å²) in [7, 11) is 0. The van der Waals surface area contributed by atoms with Gasteiger partial charge in [-0.3, -0.25) is 5.01 Å². The Morgan fingerprint density at radius 1 is 1.23 bits per heavy atom. The fourth-order valence-corrected chi connectivity index (χ4v) is 3.81. The number of anilines is 1. The van der Waals surface area contributed by atoms with E-state index < -0.39 is 0 Å². The van der Waals surface area contributed by atoms with E-state index in [0.29, 0.717) is 6.54 Å². The second-order valence-corrected chi connectivity index (χ2v) is 8.77. The Morgan fingerprint density at radius 3 is 2.74 bits per heavy atom. The normalized spacial score (nSPS) is 17.0. The van der Waals surface area contributed by atoms with Crippen LogP contribution >= 0.6 is 0 Å². The van der Waals surface area contributed by atoms with Gasteiger partial charge in [0.2, 0.25) is 0 Å². The van der Waals surface area contributed by atoms with Crippen LogP contribution in [0.1, 0.15) is 51.5 Å². The van der Waals surface area contributed by atoms with Crippen LogP contribution in [0.2, 0.25) is 0 Å². The first-order chi connectivity index (χ1) is 15.0. The molecule has 2 aliphatic heterocycles. The summed E-state index contributed by atoms with van der Waals surface area (Å²) in [5.74, 6) is 2.75. The first kappa shape index (κ1) is 23.0. The highest BCUT2D eigenvalue weighted by atomic mass is 16.5. The monoisotopic (exact) mass is 422 g/mol. The van der Waals surface area contributed by atoms with Gasteiger partial charge in [0.25, 0.3) is 0 Å². The third-order valence-electron chi connectivity index (χ3n) is 5.94. The minimum atomic E-state index is 0.567. The predicted molar refractivity (Wildman–Crippen MR) is 131 cm³/mol. The Kier molecular flexibility index (Phi) is 8.21. The van der Waals surface area contributed by atoms with Gasteiger partial charge in [0, 0.05) is 30.5 Å². The van der Waals surface area contributed by atoms with Crippen molar-refractivity contribution in [3.8, 4) is 5.75 Å². The van der Waals surface area contributed by atoms with Crippen molar-refractivity contribution < 1.29 is 4.74 Å². The Bertz CT molecular complexity index is 834. The summed E-state index contributed by atoms with van der Waals surface area (Å²) in [5.41, 5.74) is 3.87. The van der Waals surface area contributed by atoms with Crippen molar-refractivity contribution in [2.75, 3.05) is 31.6 Å². The number of allylic oxidation sites excluding steroid dienone is 1. The van der Waals surface area contributed by atoms with Gasteiger partial charge in [0.1, 0.15) is 11.6 Å². The number of benzene rings is 1. The van der Waals surface area contributed by atoms with Gasteiger partial charge in [0.05, 0.1) is 18.8 Å². The van der Waals surface area contributed by atoms with E-state index >= 15 is 0 Å². The van der Waals surface area contributed by atoms with Crippen LogP contribution < -0.4 is 10.1 Å². The molecule has 2 aliphatic rings. The first-order valence-corrected chi connectivity index (χ1v) is 11.6. The molecule has 0 unspecified atom stereocenters. The van der Waals surface area contributed by atoms with Crippen LogP contribution in [0.25, 0.3) is 0 Å². The van der Waals surface area contributed by atoms with Crippen molar-refractivity contribution in [3.63, 3.8) is 0 Å². The van der Waals surface area contributed by atoms with Crippen molar-refractivity contribution in [3.05, 3.63) is 60.5 Å². The quantitative estimate of drug-likeness (QED) is 0.501. The van der Waals surface area contributed by atoms with Crippen LogP contribution in [0.4, 0.5) is 5.69 Å². The summed E-state index contributed by atoms with van der Waals surface area (Å²) in [5, 5.41) is 10.2. The zero-order valence-corrected chi connectivity index (χ0v) is 19.5. The molecule has 0 aliphatic carbocycles. The third-order valence-corrected chi connectivity index (χ3v) is 5.94. The highest BCUT2D eigenvalue weighted by Crippen LogP contribution is 2.25. The lowest BCUT2D eigenvalue weighted by Gasteiger charge is -2.34. The van der Waals surface area contributed by atoms with Crippen molar-refractivity contribution in [2.45, 2.75) is 52.9 Å². The SMILES string of the molecule is C=C(CN1N=C(N2CCC(C)CC2)C=CC1=C)Nc1ccc(C)c(OCCCCC)c1. The summed E-state index contributed by atoms with van der Waals surface area (Å²) in [4.78, 5) is 2.37. The summed E-state index contributed by atoms with van der Waals surface area (Å²) in [6.45, 7) is 18.4. The molecule has 1 aromatic carbocycles. The lowest BCUT2D eigenvalue weighted by Crippen LogP contribution is -2.39. The predicted octanol–water partition coefficient (Wildman–Crippen LogP) is 5.92. The smallest absolute Gasteiger partial charge is 0.149 e. The number of hydrogen-bond donors (Lipinski definition) is 1. The maximum atomic E-state index is 5.99. The van der Waals surface area contributed by atoms with Crippen LogP contribution in [-0.2, 0) is 0 Å². The van der Waals surface area contributed by atoms with E-state index in [1.165, 1.54) is 25.7 Å². The van der Waals surface area contributed by atoms with E-state index in [1.807, 2.05) is 11.1 Å². The number of amidine groups is 1. The molecule has 5 nitrogen and oxygen atoms in total. The molecular weight excluding hydrogens is 384 g/mol. The van der Waals surface area contributed by atoms with E-state index in [-0.39, 0.29) is 0 Å². The lowest BCUT2D eigenvalue weighted by atomic mass is 9.99. The third kappa shape index (κ3) is 6.65. The molecule has 3 rings (SSSR count). The number of nitrogens with zero attached hydrogens (tertiary/aromatic N) is 3. The minimum Gasteiger partial charge on any atom is -0.493 e. The van der Waals surface area contributed by atoms with Gasteiger partial charge in [0.15, 0.2) is 0 Å². The highest BCUT2D eigenvalue weighted by molar-refractivity contribution is 5.94. The molecule has 0 aromatic heterocycles. The average Bonchev–Trinajstić information content (AvgIpc) is 2.75. The summed E-state index contributed by atoms with van der Waals surface area (Å²) in [6, 6.07) is 6.20. The molecule has 168 valence electrons. The first-order valence-electron chi connectivity index (χ1n) is 11.6. The van der Waals surface area contributed by atoms with Crippen LogP contribution in [-0.4, -0.2) is 42.0 Å². The summed E-state index contributed by atoms with van der Waals surface area (Å²) in [6.07, 6.45) is 10.0. The maximum absolute atomic E-state index is 5.99. The molecule has 1 fully saturated rings. The molecule has 0 radical (unpaired) electrons. The Hall–Kier alpha value is -2.69. The van der Waals surface area contributed by atoms with E-state index in [0.717, 1.165) is 66.3 Å². The van der Waals surface area contributed by atoms with Crippen LogP contribution in [0, 0.1) is 12.8 Å². The Balaban J connectivity index is 1.58. The average molecular weight is 423 g/mol. The number of piperidine rings is 1. The molecule has 1 saturated heterocycles. The Labute approximate surface area is 188 Å². The number of unbranched alkanes of at least 4 members (excludes halogenated alkanes) is 2. The zero-order valence-electron chi connectivity index (χ0n) is 19.5. The fourth-order valence-electron chi connectivity index (χ4n) is 3.81. The van der Waals surface area contributed by atoms with Gasteiger partial charge >= 0.3 is 0 Å². The fraction of sp³-hybridized carbons (Fsp3) is 0.500. The zero-order chi connectivity index (χ0) is 22.2. The topological polar surface area (TPSA) is 40.1 Å². The molecule has 0 atom stereocenters. The maximum Gasteiger partial charge on any atom is 0.149 e. The molecule has 31 heavy (non-hydrogen) atoms. The van der Waals surface area contributed by atoms with E-state index in [9.17, 15) is 0 Å². The molecular formula is C26H38N4O. The number of ether oxygens (including phenoxy) is 1. The molecule has 1 aromatic rings. The highest BCUT2D eigenvalue weighted by Gasteiger charge is 2.21. The number of hydrazone groups is 1. The van der Waals surface area contributed by atoms with Crippen molar-refractivity contribution in [2.24, 2.45) is 11.0 Å². The minimum absolute atomic E-state index is 0.567. The van der Waals surface area contributed by atoms with Gasteiger partial charge in [-0.2, -0.15) is 5.10 Å². The van der Waals surface area contributed by atoms with Gasteiger partial charge in [-0.25, -0.2) is 0 Å². The van der Waals surface area contributed by atoms with Crippen LogP contribution in [0.5, 0.6) is 5.75 Å². The summed E-state index contributed by atoms with van der Waals surface area (Å²) >= 11 is 0. The van der Waals surface area contributed by atoms with Crippen LogP contribution in [0.3, 0.4) is 0 Å². The molecule has 0 amide bonds. The van der Waals surface area contributed by atoms with Crippen molar-refractivity contribution in [1.29, 1.82) is 0 Å². The van der Waals surface area contributed by atoms with Gasteiger partial charge in [-0.1, -0.05) is 45.9 Å². The number of nitrogens with one attached hydrogen (secondary N) is 1. The van der Waals surface area contributed by atoms with Crippen LogP contribution in [0.15, 0.2) is 60.0 Å². The molecule has 2 heterocycles. The van der Waals surface area contributed by atoms with E-state index in [1.54, 1.807) is 0 Å². The molecule has 0 saturated carbocycles. The number of rotatable bonds is 9. The molecule has 0 bridgehead atoms. The molecule has 5 heteroatoms. The number of likely N-dealkylation sites (tertiary alicyclic amines) is 1.